The number of benzene rings is 2. The van der Waals surface area contributed by atoms with Gasteiger partial charge in [0.25, 0.3) is 5.69 Å². The van der Waals surface area contributed by atoms with Crippen LogP contribution in [0.2, 0.25) is 0 Å². The number of allylic oxidation sites excluding steroid dienone is 3. The Hall–Kier alpha value is -4.34. The molecule has 0 amide bonds. The molecule has 2 aliphatic heterocycles. The van der Waals surface area contributed by atoms with Crippen LogP contribution in [0.25, 0.3) is 0 Å². The van der Waals surface area contributed by atoms with E-state index < -0.39 is 16.8 Å². The maximum absolute atomic E-state index is 13.9. The molecule has 0 bridgehead atoms. The third-order valence-corrected chi connectivity index (χ3v) is 7.55. The van der Waals surface area contributed by atoms with Gasteiger partial charge in [-0.2, -0.15) is 0 Å². The van der Waals surface area contributed by atoms with Gasteiger partial charge in [0.2, 0.25) is 6.79 Å². The van der Waals surface area contributed by atoms with Gasteiger partial charge in [-0.05, 0) is 56.4 Å². The second kappa shape index (κ2) is 10.4. The fourth-order valence-electron chi connectivity index (χ4n) is 5.40. The van der Waals surface area contributed by atoms with E-state index >= 15 is 0 Å². The minimum atomic E-state index is -1.00. The molecule has 1 N–H and O–H groups in total. The summed E-state index contributed by atoms with van der Waals surface area (Å²) < 4.78 is 21.8. The lowest BCUT2D eigenvalue weighted by Crippen LogP contribution is -2.36. The highest BCUT2D eigenvalue weighted by atomic mass is 16.7. The van der Waals surface area contributed by atoms with Gasteiger partial charge >= 0.3 is 5.97 Å². The molecular formula is C29H30N2O8. The standard InChI is InChI=1S/C29H30N2O8/c1-5-15(2)39-29(33)26-16(3)30-21-10-18(17-6-8-19(36-4)9-7-17)11-23(32)28(21)27(26)20-12-24-25(38-14-37-24)13-22(20)31(34)35/h6-9,12-13,15,18,27,30H,5,10-11,14H2,1-4H3/t15-,18+,27-/m0/s1. The van der Waals surface area contributed by atoms with Crippen LogP contribution in [0.15, 0.2) is 58.9 Å². The van der Waals surface area contributed by atoms with E-state index in [-0.39, 0.29) is 53.6 Å². The minimum absolute atomic E-state index is 0.0731. The highest BCUT2D eigenvalue weighted by Crippen LogP contribution is 2.50. The third-order valence-electron chi connectivity index (χ3n) is 7.55. The summed E-state index contributed by atoms with van der Waals surface area (Å²) >= 11 is 0. The summed E-state index contributed by atoms with van der Waals surface area (Å²) in [5, 5.41) is 15.5. The number of nitro benzene ring substituents is 1. The second-order valence-corrected chi connectivity index (χ2v) is 9.94. The summed E-state index contributed by atoms with van der Waals surface area (Å²) in [6, 6.07) is 10.4. The average Bonchev–Trinajstić information content (AvgIpc) is 3.39. The number of rotatable bonds is 7. The molecule has 10 nitrogen and oxygen atoms in total. The molecule has 39 heavy (non-hydrogen) atoms. The van der Waals surface area contributed by atoms with E-state index in [9.17, 15) is 19.7 Å². The van der Waals surface area contributed by atoms with Gasteiger partial charge in [-0.1, -0.05) is 19.1 Å². The molecule has 0 saturated heterocycles. The molecule has 0 radical (unpaired) electrons. The molecule has 3 atom stereocenters. The molecule has 204 valence electrons. The number of nitrogens with one attached hydrogen (secondary N) is 1. The second-order valence-electron chi connectivity index (χ2n) is 9.94. The molecule has 10 heteroatoms. The Labute approximate surface area is 225 Å². The van der Waals surface area contributed by atoms with E-state index in [1.54, 1.807) is 21.0 Å². The number of carbonyl (C=O) groups excluding carboxylic acids is 2. The van der Waals surface area contributed by atoms with E-state index in [0.717, 1.165) is 11.3 Å². The lowest BCUT2D eigenvalue weighted by atomic mass is 9.71. The third kappa shape index (κ3) is 4.82. The van der Waals surface area contributed by atoms with Gasteiger partial charge in [-0.25, -0.2) is 4.79 Å². The summed E-state index contributed by atoms with van der Waals surface area (Å²) in [7, 11) is 1.59. The van der Waals surface area contributed by atoms with E-state index in [2.05, 4.69) is 5.32 Å². The highest BCUT2D eigenvalue weighted by Gasteiger charge is 2.44. The molecular weight excluding hydrogens is 504 g/mol. The average molecular weight is 535 g/mol. The van der Waals surface area contributed by atoms with Crippen molar-refractivity contribution in [1.29, 1.82) is 0 Å². The van der Waals surface area contributed by atoms with Crippen molar-refractivity contribution in [2.24, 2.45) is 0 Å². The molecule has 2 heterocycles. The number of carbonyl (C=O) groups is 2. The normalized spacial score (nSPS) is 20.8. The van der Waals surface area contributed by atoms with Crippen molar-refractivity contribution in [3.8, 4) is 17.2 Å². The number of fused-ring (bicyclic) bond motifs is 1. The number of hydrogen-bond donors (Lipinski definition) is 1. The maximum Gasteiger partial charge on any atom is 0.337 e. The molecule has 2 aromatic carbocycles. The SMILES string of the molecule is CC[C@H](C)OC(=O)C1=C(C)NC2=C(C(=O)C[C@H](c3ccc(OC)cc3)C2)[C@H]1c1cc2c(cc1[N+](=O)[O-])OCO2. The fraction of sp³-hybridized carbons (Fsp3) is 0.379. The van der Waals surface area contributed by atoms with Gasteiger partial charge < -0.3 is 24.3 Å². The van der Waals surface area contributed by atoms with Crippen molar-refractivity contribution in [2.75, 3.05) is 13.9 Å². The van der Waals surface area contributed by atoms with Gasteiger partial charge in [0, 0.05) is 29.0 Å². The Bertz CT molecular complexity index is 1410. The van der Waals surface area contributed by atoms with Crippen LogP contribution >= 0.6 is 0 Å². The summed E-state index contributed by atoms with van der Waals surface area (Å²) in [4.78, 5) is 39.1. The minimum Gasteiger partial charge on any atom is -0.497 e. The molecule has 2 aromatic rings. The molecule has 3 aliphatic rings. The molecule has 0 spiro atoms. The smallest absolute Gasteiger partial charge is 0.337 e. The Morgan fingerprint density at radius 3 is 2.51 bits per heavy atom. The van der Waals surface area contributed by atoms with Crippen LogP contribution in [0.5, 0.6) is 17.2 Å². The predicted octanol–water partition coefficient (Wildman–Crippen LogP) is 5.04. The number of dihydropyridines is 1. The van der Waals surface area contributed by atoms with Crippen LogP contribution < -0.4 is 19.5 Å². The summed E-state index contributed by atoms with van der Waals surface area (Å²) in [5.41, 5.74) is 2.54. The first-order chi connectivity index (χ1) is 18.7. The molecule has 0 fully saturated rings. The zero-order valence-corrected chi connectivity index (χ0v) is 22.2. The van der Waals surface area contributed by atoms with E-state index in [1.807, 2.05) is 31.2 Å². The first kappa shape index (κ1) is 26.3. The number of Topliss-reactive ketones (excluding diaryl/α,β-unsaturated/α-hetero) is 1. The van der Waals surface area contributed by atoms with E-state index in [1.165, 1.54) is 12.1 Å². The Morgan fingerprint density at radius 2 is 1.87 bits per heavy atom. The summed E-state index contributed by atoms with van der Waals surface area (Å²) in [5.74, 6) is -0.642. The first-order valence-electron chi connectivity index (χ1n) is 12.9. The fourth-order valence-corrected chi connectivity index (χ4v) is 5.40. The van der Waals surface area contributed by atoms with Gasteiger partial charge in [0.05, 0.1) is 35.7 Å². The van der Waals surface area contributed by atoms with Crippen LogP contribution in [-0.4, -0.2) is 36.7 Å². The summed E-state index contributed by atoms with van der Waals surface area (Å²) in [6.45, 7) is 5.32. The number of hydrogen-bond acceptors (Lipinski definition) is 9. The van der Waals surface area contributed by atoms with Crippen LogP contribution in [0.3, 0.4) is 0 Å². The lowest BCUT2D eigenvalue weighted by molar-refractivity contribution is -0.385. The number of ether oxygens (including phenoxy) is 4. The van der Waals surface area contributed by atoms with Crippen molar-refractivity contribution in [3.05, 3.63) is 80.2 Å². The van der Waals surface area contributed by atoms with Gasteiger partial charge in [-0.15, -0.1) is 0 Å². The Morgan fingerprint density at radius 1 is 1.18 bits per heavy atom. The molecule has 0 unspecified atom stereocenters. The number of ketones is 1. The number of nitro groups is 1. The molecule has 5 rings (SSSR count). The van der Waals surface area contributed by atoms with Crippen LogP contribution in [-0.2, 0) is 14.3 Å². The quantitative estimate of drug-likeness (QED) is 0.295. The zero-order chi connectivity index (χ0) is 27.8. The number of methoxy groups -OCH3 is 1. The van der Waals surface area contributed by atoms with E-state index in [4.69, 9.17) is 18.9 Å². The van der Waals surface area contributed by atoms with Crippen molar-refractivity contribution in [1.82, 2.24) is 5.32 Å². The highest BCUT2D eigenvalue weighted by molar-refractivity contribution is 6.04. The van der Waals surface area contributed by atoms with Crippen molar-refractivity contribution in [3.63, 3.8) is 0 Å². The van der Waals surface area contributed by atoms with Gasteiger partial charge in [-0.3, -0.25) is 14.9 Å². The maximum atomic E-state index is 13.9. The van der Waals surface area contributed by atoms with Crippen molar-refractivity contribution >= 4 is 17.4 Å². The Kier molecular flexibility index (Phi) is 7.03. The number of esters is 1. The van der Waals surface area contributed by atoms with Crippen molar-refractivity contribution < 1.29 is 33.5 Å². The molecule has 0 aromatic heterocycles. The predicted molar refractivity (Wildman–Crippen MR) is 141 cm³/mol. The summed E-state index contributed by atoms with van der Waals surface area (Å²) in [6.07, 6.45) is 0.903. The van der Waals surface area contributed by atoms with Crippen LogP contribution in [0.1, 0.15) is 63.0 Å². The number of nitrogens with zero attached hydrogens (tertiary/aromatic N) is 1. The van der Waals surface area contributed by atoms with Crippen LogP contribution in [0.4, 0.5) is 5.69 Å². The molecule has 0 saturated carbocycles. The van der Waals surface area contributed by atoms with E-state index in [0.29, 0.717) is 35.6 Å². The lowest BCUT2D eigenvalue weighted by Gasteiger charge is -2.36. The zero-order valence-electron chi connectivity index (χ0n) is 22.2. The van der Waals surface area contributed by atoms with Gasteiger partial charge in [0.1, 0.15) is 5.75 Å². The van der Waals surface area contributed by atoms with Gasteiger partial charge in [0.15, 0.2) is 17.3 Å². The van der Waals surface area contributed by atoms with Crippen molar-refractivity contribution in [2.45, 2.75) is 58.0 Å². The monoisotopic (exact) mass is 534 g/mol. The first-order valence-corrected chi connectivity index (χ1v) is 12.9. The molecule has 1 aliphatic carbocycles. The Balaban J connectivity index is 1.64. The topological polar surface area (TPSA) is 126 Å². The van der Waals surface area contributed by atoms with Crippen LogP contribution in [0, 0.1) is 10.1 Å². The largest absolute Gasteiger partial charge is 0.497 e.